The Bertz CT molecular complexity index is 269. The van der Waals surface area contributed by atoms with Crippen LogP contribution in [0, 0.1) is 23.7 Å². The highest BCUT2D eigenvalue weighted by Gasteiger charge is 2.33. The minimum Gasteiger partial charge on any atom is -0.465 e. The Hall–Kier alpha value is -0.860. The lowest BCUT2D eigenvalue weighted by Crippen LogP contribution is -2.33. The van der Waals surface area contributed by atoms with E-state index < -0.39 is 5.92 Å². The number of carbonyl (C=O) groups is 2. The third-order valence-corrected chi connectivity index (χ3v) is 2.91. The van der Waals surface area contributed by atoms with E-state index in [1.54, 1.807) is 6.92 Å². The molecule has 0 aliphatic rings. The number of hydrogen-bond donors (Lipinski definition) is 0. The van der Waals surface area contributed by atoms with E-state index in [4.69, 9.17) is 4.74 Å². The molecule has 0 aromatic heterocycles. The topological polar surface area (TPSA) is 43.4 Å². The summed E-state index contributed by atoms with van der Waals surface area (Å²) in [5.41, 5.74) is 0. The molecule has 0 saturated carbocycles. The first-order valence-corrected chi connectivity index (χ1v) is 6.98. The van der Waals surface area contributed by atoms with Gasteiger partial charge >= 0.3 is 5.97 Å². The van der Waals surface area contributed by atoms with Gasteiger partial charge in [0.1, 0.15) is 11.7 Å². The molecule has 0 amide bonds. The van der Waals surface area contributed by atoms with Gasteiger partial charge in [-0.25, -0.2) is 0 Å². The van der Waals surface area contributed by atoms with E-state index in [1.165, 1.54) is 0 Å². The number of rotatable bonds is 8. The number of Topliss-reactive ketones (excluding diaryl/α,β-unsaturated/α-hetero) is 1. The molecular formula is C15H28O3. The molecule has 2 unspecified atom stereocenters. The normalized spacial score (nSPS) is 14.7. The van der Waals surface area contributed by atoms with Crippen molar-refractivity contribution in [3.05, 3.63) is 0 Å². The van der Waals surface area contributed by atoms with Crippen LogP contribution in [-0.2, 0) is 14.3 Å². The van der Waals surface area contributed by atoms with Gasteiger partial charge < -0.3 is 4.74 Å². The summed E-state index contributed by atoms with van der Waals surface area (Å²) in [6, 6.07) is 0. The second kappa shape index (κ2) is 8.28. The Balaban J connectivity index is 4.80. The molecular weight excluding hydrogens is 228 g/mol. The Kier molecular flexibility index (Phi) is 7.88. The van der Waals surface area contributed by atoms with Crippen molar-refractivity contribution in [1.82, 2.24) is 0 Å². The van der Waals surface area contributed by atoms with Crippen molar-refractivity contribution in [2.45, 2.75) is 54.4 Å². The predicted octanol–water partition coefficient (Wildman–Crippen LogP) is 3.46. The van der Waals surface area contributed by atoms with E-state index in [1.807, 2.05) is 20.8 Å². The largest absolute Gasteiger partial charge is 0.465 e. The quantitative estimate of drug-likeness (QED) is 0.493. The zero-order valence-corrected chi connectivity index (χ0v) is 12.7. The van der Waals surface area contributed by atoms with Gasteiger partial charge in [-0.1, -0.05) is 34.6 Å². The van der Waals surface area contributed by atoms with Crippen LogP contribution in [0.1, 0.15) is 54.4 Å². The first-order chi connectivity index (χ1) is 8.29. The van der Waals surface area contributed by atoms with Crippen molar-refractivity contribution in [3.63, 3.8) is 0 Å². The summed E-state index contributed by atoms with van der Waals surface area (Å²) in [5.74, 6) is -0.109. The van der Waals surface area contributed by atoms with Gasteiger partial charge in [0, 0.05) is 6.42 Å². The Morgan fingerprint density at radius 2 is 1.56 bits per heavy atom. The fourth-order valence-corrected chi connectivity index (χ4v) is 2.32. The fraction of sp³-hybridized carbons (Fsp3) is 0.867. The van der Waals surface area contributed by atoms with Crippen molar-refractivity contribution < 1.29 is 14.3 Å². The number of carbonyl (C=O) groups excluding carboxylic acids is 2. The number of ketones is 1. The van der Waals surface area contributed by atoms with Gasteiger partial charge in [-0.2, -0.15) is 0 Å². The van der Waals surface area contributed by atoms with Gasteiger partial charge in [-0.3, -0.25) is 9.59 Å². The van der Waals surface area contributed by atoms with E-state index in [2.05, 4.69) is 13.8 Å². The molecule has 0 radical (unpaired) electrons. The average Bonchev–Trinajstić information content (AvgIpc) is 2.14. The summed E-state index contributed by atoms with van der Waals surface area (Å²) < 4.78 is 5.05. The Morgan fingerprint density at radius 3 is 1.94 bits per heavy atom. The maximum Gasteiger partial charge on any atom is 0.316 e. The van der Waals surface area contributed by atoms with Crippen LogP contribution in [0.2, 0.25) is 0 Å². The fourth-order valence-electron chi connectivity index (χ4n) is 2.32. The number of ether oxygens (including phenoxy) is 1. The highest BCUT2D eigenvalue weighted by molar-refractivity contribution is 5.99. The van der Waals surface area contributed by atoms with Crippen LogP contribution < -0.4 is 0 Å². The van der Waals surface area contributed by atoms with E-state index in [-0.39, 0.29) is 23.6 Å². The zero-order valence-electron chi connectivity index (χ0n) is 12.7. The molecule has 0 rings (SSSR count). The van der Waals surface area contributed by atoms with E-state index >= 15 is 0 Å². The van der Waals surface area contributed by atoms with Crippen molar-refractivity contribution in [3.8, 4) is 0 Å². The maximum atomic E-state index is 12.2. The van der Waals surface area contributed by atoms with Gasteiger partial charge in [-0.15, -0.1) is 0 Å². The van der Waals surface area contributed by atoms with Gasteiger partial charge in [0.25, 0.3) is 0 Å². The third kappa shape index (κ3) is 6.18. The highest BCUT2D eigenvalue weighted by atomic mass is 16.5. The molecule has 0 aliphatic carbocycles. The van der Waals surface area contributed by atoms with Crippen LogP contribution in [0.25, 0.3) is 0 Å². The predicted molar refractivity (Wildman–Crippen MR) is 73.2 cm³/mol. The molecule has 0 aliphatic heterocycles. The summed E-state index contributed by atoms with van der Waals surface area (Å²) in [7, 11) is 0. The molecule has 3 nitrogen and oxygen atoms in total. The number of hydrogen-bond acceptors (Lipinski definition) is 3. The highest BCUT2D eigenvalue weighted by Crippen LogP contribution is 2.24. The Morgan fingerprint density at radius 1 is 1.00 bits per heavy atom. The van der Waals surface area contributed by atoms with Crippen LogP contribution >= 0.6 is 0 Å². The summed E-state index contributed by atoms with van der Waals surface area (Å²) in [5, 5.41) is 0. The minimum atomic E-state index is -0.588. The van der Waals surface area contributed by atoms with Gasteiger partial charge in [0.2, 0.25) is 0 Å². The molecule has 0 spiro atoms. The zero-order chi connectivity index (χ0) is 14.3. The molecule has 0 bridgehead atoms. The lowest BCUT2D eigenvalue weighted by atomic mass is 9.82. The summed E-state index contributed by atoms with van der Waals surface area (Å²) in [6.07, 6.45) is 1.32. The maximum absolute atomic E-state index is 12.2. The summed E-state index contributed by atoms with van der Waals surface area (Å²) in [6.45, 7) is 12.3. The monoisotopic (exact) mass is 256 g/mol. The second-order valence-electron chi connectivity index (χ2n) is 5.90. The van der Waals surface area contributed by atoms with E-state index in [0.717, 1.165) is 6.42 Å². The molecule has 0 aromatic rings. The molecule has 0 saturated heterocycles. The average molecular weight is 256 g/mol. The van der Waals surface area contributed by atoms with E-state index in [9.17, 15) is 9.59 Å². The molecule has 2 atom stereocenters. The molecule has 0 fully saturated rings. The van der Waals surface area contributed by atoms with Gasteiger partial charge in [0.15, 0.2) is 0 Å². The van der Waals surface area contributed by atoms with E-state index in [0.29, 0.717) is 18.9 Å². The minimum absolute atomic E-state index is 0.0246. The molecule has 106 valence electrons. The molecule has 0 N–H and O–H groups in total. The molecule has 3 heteroatoms. The molecule has 18 heavy (non-hydrogen) atoms. The third-order valence-electron chi connectivity index (χ3n) is 2.91. The van der Waals surface area contributed by atoms with Crippen molar-refractivity contribution >= 4 is 11.8 Å². The van der Waals surface area contributed by atoms with Gasteiger partial charge in [-0.05, 0) is 31.1 Å². The van der Waals surface area contributed by atoms with Crippen molar-refractivity contribution in [1.29, 1.82) is 0 Å². The lowest BCUT2D eigenvalue weighted by molar-refractivity contribution is -0.154. The summed E-state index contributed by atoms with van der Waals surface area (Å²) in [4.78, 5) is 24.1. The molecule has 0 aromatic carbocycles. The van der Waals surface area contributed by atoms with Crippen LogP contribution in [0.15, 0.2) is 0 Å². The number of esters is 1. The van der Waals surface area contributed by atoms with Crippen molar-refractivity contribution in [2.75, 3.05) is 6.61 Å². The lowest BCUT2D eigenvalue weighted by Gasteiger charge is -2.23. The summed E-state index contributed by atoms with van der Waals surface area (Å²) >= 11 is 0. The van der Waals surface area contributed by atoms with Crippen LogP contribution in [0.5, 0.6) is 0 Å². The van der Waals surface area contributed by atoms with Crippen LogP contribution in [0.4, 0.5) is 0 Å². The molecule has 0 heterocycles. The van der Waals surface area contributed by atoms with Crippen molar-refractivity contribution in [2.24, 2.45) is 23.7 Å². The first kappa shape index (κ1) is 17.1. The Labute approximate surface area is 111 Å². The van der Waals surface area contributed by atoms with Crippen LogP contribution in [-0.4, -0.2) is 18.4 Å². The first-order valence-electron chi connectivity index (χ1n) is 6.98. The second-order valence-corrected chi connectivity index (χ2v) is 5.90. The van der Waals surface area contributed by atoms with Crippen LogP contribution in [0.3, 0.4) is 0 Å². The smallest absolute Gasteiger partial charge is 0.316 e. The van der Waals surface area contributed by atoms with Gasteiger partial charge in [0.05, 0.1) is 6.61 Å². The standard InChI is InChI=1S/C15H28O3/c1-7-18-15(17)14(12(6)8-10(2)3)13(16)9-11(4)5/h10-12,14H,7-9H2,1-6H3. The SMILES string of the molecule is CCOC(=O)C(C(=O)CC(C)C)C(C)CC(C)C.